The van der Waals surface area contributed by atoms with Gasteiger partial charge in [0.2, 0.25) is 11.8 Å². The number of hydrogen-bond acceptors (Lipinski definition) is 4. The summed E-state index contributed by atoms with van der Waals surface area (Å²) in [7, 11) is 0. The zero-order valence-corrected chi connectivity index (χ0v) is 17.2. The number of carbonyl (C=O) groups excluding carboxylic acids is 2. The molecule has 0 aliphatic heterocycles. The van der Waals surface area contributed by atoms with Gasteiger partial charge < -0.3 is 15.4 Å². The average molecular weight is 427 g/mol. The molecule has 5 nitrogen and oxygen atoms in total. The third kappa shape index (κ3) is 6.55. The van der Waals surface area contributed by atoms with Crippen LogP contribution in [0, 0.1) is 0 Å². The van der Waals surface area contributed by atoms with Crippen LogP contribution >= 0.6 is 23.4 Å². The minimum atomic E-state index is -0.118. The maximum absolute atomic E-state index is 12.2. The van der Waals surface area contributed by atoms with Crippen molar-refractivity contribution < 1.29 is 14.3 Å². The fourth-order valence-corrected chi connectivity index (χ4v) is 3.32. The van der Waals surface area contributed by atoms with Gasteiger partial charge in [-0.25, -0.2) is 0 Å². The Bertz CT molecular complexity index is 992. The number of ether oxygens (including phenoxy) is 1. The maximum Gasteiger partial charge on any atom is 0.234 e. The lowest BCUT2D eigenvalue weighted by atomic mass is 10.3. The van der Waals surface area contributed by atoms with E-state index in [1.165, 1.54) is 18.7 Å². The molecule has 7 heteroatoms. The number of carbonyl (C=O) groups is 2. The average Bonchev–Trinajstić information content (AvgIpc) is 2.70. The van der Waals surface area contributed by atoms with Crippen LogP contribution in [0.1, 0.15) is 6.92 Å². The summed E-state index contributed by atoms with van der Waals surface area (Å²) in [6.45, 7) is 1.46. The van der Waals surface area contributed by atoms with Crippen LogP contribution in [0.15, 0.2) is 77.7 Å². The molecule has 0 aliphatic rings. The molecule has 0 saturated carbocycles. The number of para-hydroxylation sites is 1. The number of nitrogens with one attached hydrogen (secondary N) is 2. The number of benzene rings is 3. The molecule has 0 aliphatic carbocycles. The Hall–Kier alpha value is -2.96. The molecule has 2 N–H and O–H groups in total. The van der Waals surface area contributed by atoms with Crippen molar-refractivity contribution in [2.45, 2.75) is 11.8 Å². The van der Waals surface area contributed by atoms with E-state index in [0.717, 1.165) is 10.6 Å². The molecule has 148 valence electrons. The van der Waals surface area contributed by atoms with Gasteiger partial charge in [0, 0.05) is 23.2 Å². The van der Waals surface area contributed by atoms with Crippen molar-refractivity contribution in [1.29, 1.82) is 0 Å². The molecule has 0 spiro atoms. The summed E-state index contributed by atoms with van der Waals surface area (Å²) in [5.74, 6) is 1.25. The van der Waals surface area contributed by atoms with Crippen LogP contribution in [-0.4, -0.2) is 17.6 Å². The molecular formula is C22H19ClN2O3S. The predicted molar refractivity (Wildman–Crippen MR) is 118 cm³/mol. The quantitative estimate of drug-likeness (QED) is 0.467. The van der Waals surface area contributed by atoms with E-state index in [1.54, 1.807) is 48.5 Å². The van der Waals surface area contributed by atoms with Crippen molar-refractivity contribution in [1.82, 2.24) is 0 Å². The molecule has 3 aromatic rings. The van der Waals surface area contributed by atoms with Gasteiger partial charge in [-0.05, 0) is 60.7 Å². The number of rotatable bonds is 7. The van der Waals surface area contributed by atoms with Gasteiger partial charge in [0.15, 0.2) is 0 Å². The van der Waals surface area contributed by atoms with E-state index in [2.05, 4.69) is 10.6 Å². The SMILES string of the molecule is CC(=O)Nc1ccc(SCC(=O)Nc2ccc(Oc3ccccc3Cl)cc2)cc1. The summed E-state index contributed by atoms with van der Waals surface area (Å²) in [6.07, 6.45) is 0. The first kappa shape index (κ1) is 20.8. The Morgan fingerprint density at radius 3 is 2.17 bits per heavy atom. The van der Waals surface area contributed by atoms with Crippen LogP contribution in [0.2, 0.25) is 5.02 Å². The molecular weight excluding hydrogens is 408 g/mol. The molecule has 0 radical (unpaired) electrons. The fraction of sp³-hybridized carbons (Fsp3) is 0.0909. The van der Waals surface area contributed by atoms with Crippen molar-refractivity contribution in [2.24, 2.45) is 0 Å². The zero-order chi connectivity index (χ0) is 20.6. The Morgan fingerprint density at radius 2 is 1.52 bits per heavy atom. The molecule has 0 aromatic heterocycles. The lowest BCUT2D eigenvalue weighted by molar-refractivity contribution is -0.114. The van der Waals surface area contributed by atoms with E-state index < -0.39 is 0 Å². The maximum atomic E-state index is 12.2. The molecule has 0 fully saturated rings. The smallest absolute Gasteiger partial charge is 0.234 e. The van der Waals surface area contributed by atoms with Gasteiger partial charge in [-0.1, -0.05) is 23.7 Å². The molecule has 0 heterocycles. The van der Waals surface area contributed by atoms with Crippen molar-refractivity contribution in [3.8, 4) is 11.5 Å². The van der Waals surface area contributed by atoms with Crippen LogP contribution in [0.4, 0.5) is 11.4 Å². The number of thioether (sulfide) groups is 1. The van der Waals surface area contributed by atoms with E-state index in [1.807, 2.05) is 24.3 Å². The van der Waals surface area contributed by atoms with Gasteiger partial charge >= 0.3 is 0 Å². The summed E-state index contributed by atoms with van der Waals surface area (Å²) in [4.78, 5) is 24.2. The van der Waals surface area contributed by atoms with Crippen molar-refractivity contribution >= 4 is 46.6 Å². The minimum absolute atomic E-state index is 0.110. The Morgan fingerprint density at radius 1 is 0.897 bits per heavy atom. The van der Waals surface area contributed by atoms with Gasteiger partial charge in [-0.3, -0.25) is 9.59 Å². The summed E-state index contributed by atoms with van der Waals surface area (Å²) in [6, 6.07) is 21.7. The lowest BCUT2D eigenvalue weighted by Crippen LogP contribution is -2.13. The monoisotopic (exact) mass is 426 g/mol. The standard InChI is InChI=1S/C22H19ClN2O3S/c1-15(26)24-16-8-12-19(13-9-16)29-14-22(27)25-17-6-10-18(11-7-17)28-21-5-3-2-4-20(21)23/h2-13H,14H2,1H3,(H,24,26)(H,25,27). The second-order valence-electron chi connectivity index (χ2n) is 6.10. The summed E-state index contributed by atoms with van der Waals surface area (Å²) in [5, 5.41) is 6.10. The molecule has 0 atom stereocenters. The molecule has 0 saturated heterocycles. The Kier molecular flexibility index (Phi) is 7.16. The van der Waals surface area contributed by atoms with Gasteiger partial charge in [-0.2, -0.15) is 0 Å². The van der Waals surface area contributed by atoms with Gasteiger partial charge in [-0.15, -0.1) is 11.8 Å². The summed E-state index contributed by atoms with van der Waals surface area (Å²) in [5.41, 5.74) is 1.41. The zero-order valence-electron chi connectivity index (χ0n) is 15.6. The van der Waals surface area contributed by atoms with E-state index >= 15 is 0 Å². The first-order chi connectivity index (χ1) is 14.0. The van der Waals surface area contributed by atoms with Crippen LogP contribution in [0.5, 0.6) is 11.5 Å². The van der Waals surface area contributed by atoms with E-state index in [-0.39, 0.29) is 17.6 Å². The van der Waals surface area contributed by atoms with Crippen LogP contribution in [0.25, 0.3) is 0 Å². The lowest BCUT2D eigenvalue weighted by Gasteiger charge is -2.09. The third-order valence-electron chi connectivity index (χ3n) is 3.75. The number of hydrogen-bond donors (Lipinski definition) is 2. The summed E-state index contributed by atoms with van der Waals surface area (Å²) < 4.78 is 5.73. The van der Waals surface area contributed by atoms with Crippen LogP contribution in [-0.2, 0) is 9.59 Å². The second-order valence-corrected chi connectivity index (χ2v) is 7.56. The predicted octanol–water partition coefficient (Wildman–Crippen LogP) is 5.82. The van der Waals surface area contributed by atoms with E-state index in [0.29, 0.717) is 22.2 Å². The molecule has 3 rings (SSSR count). The highest BCUT2D eigenvalue weighted by Gasteiger charge is 2.06. The van der Waals surface area contributed by atoms with Crippen molar-refractivity contribution in [2.75, 3.05) is 16.4 Å². The molecule has 3 aromatic carbocycles. The fourth-order valence-electron chi connectivity index (χ4n) is 2.44. The number of anilines is 2. The van der Waals surface area contributed by atoms with Crippen molar-refractivity contribution in [3.63, 3.8) is 0 Å². The first-order valence-corrected chi connectivity index (χ1v) is 10.2. The van der Waals surface area contributed by atoms with E-state index in [4.69, 9.17) is 16.3 Å². The third-order valence-corrected chi connectivity index (χ3v) is 5.07. The highest BCUT2D eigenvalue weighted by atomic mass is 35.5. The minimum Gasteiger partial charge on any atom is -0.456 e. The number of amides is 2. The van der Waals surface area contributed by atoms with Gasteiger partial charge in [0.25, 0.3) is 0 Å². The van der Waals surface area contributed by atoms with Crippen LogP contribution in [0.3, 0.4) is 0 Å². The molecule has 0 bridgehead atoms. The Balaban J connectivity index is 1.49. The summed E-state index contributed by atoms with van der Waals surface area (Å²) >= 11 is 7.51. The Labute approximate surface area is 178 Å². The highest BCUT2D eigenvalue weighted by Crippen LogP contribution is 2.29. The van der Waals surface area contributed by atoms with Crippen molar-refractivity contribution in [3.05, 3.63) is 77.8 Å². The topological polar surface area (TPSA) is 67.4 Å². The highest BCUT2D eigenvalue weighted by molar-refractivity contribution is 8.00. The second kappa shape index (κ2) is 10.0. The number of halogens is 1. The molecule has 0 unspecified atom stereocenters. The van der Waals surface area contributed by atoms with Gasteiger partial charge in [0.1, 0.15) is 11.5 Å². The first-order valence-electron chi connectivity index (χ1n) is 8.82. The molecule has 2 amide bonds. The van der Waals surface area contributed by atoms with E-state index in [9.17, 15) is 9.59 Å². The molecule has 29 heavy (non-hydrogen) atoms. The van der Waals surface area contributed by atoms with Gasteiger partial charge in [0.05, 0.1) is 10.8 Å². The largest absolute Gasteiger partial charge is 0.456 e. The normalized spacial score (nSPS) is 10.3. The van der Waals surface area contributed by atoms with Crippen LogP contribution < -0.4 is 15.4 Å².